The van der Waals surface area contributed by atoms with Crippen LogP contribution in [0.2, 0.25) is 0 Å². The molecule has 0 amide bonds. The van der Waals surface area contributed by atoms with Gasteiger partial charge in [-0.3, -0.25) is 4.68 Å². The van der Waals surface area contributed by atoms with Crippen molar-refractivity contribution in [1.82, 2.24) is 14.8 Å². The monoisotopic (exact) mass is 311 g/mol. The Morgan fingerprint density at radius 3 is 2.39 bits per heavy atom. The Bertz CT molecular complexity index is 959. The molecule has 0 saturated heterocycles. The third-order valence-corrected chi connectivity index (χ3v) is 3.81. The summed E-state index contributed by atoms with van der Waals surface area (Å²) in [5.74, 6) is 0.264. The summed E-state index contributed by atoms with van der Waals surface area (Å²) in [5, 5.41) is 5.08. The van der Waals surface area contributed by atoms with E-state index >= 15 is 0 Å². The summed E-state index contributed by atoms with van der Waals surface area (Å²) in [6.45, 7) is 12.1. The Kier molecular flexibility index (Phi) is 3.39. The minimum absolute atomic E-state index is 0.146. The lowest BCUT2D eigenvalue weighted by molar-refractivity contribution is 0.348. The summed E-state index contributed by atoms with van der Waals surface area (Å²) >= 11 is 0. The zero-order valence-corrected chi connectivity index (χ0v) is 14.4. The van der Waals surface area contributed by atoms with Gasteiger partial charge >= 0.3 is 5.63 Å². The lowest BCUT2D eigenvalue weighted by atomic mass is 10.1. The number of rotatable bonds is 1. The van der Waals surface area contributed by atoms with Gasteiger partial charge < -0.3 is 4.42 Å². The number of hydrogen-bond donors (Lipinski definition) is 0. The van der Waals surface area contributed by atoms with E-state index in [1.165, 1.54) is 0 Å². The molecule has 0 aliphatic carbocycles. The molecule has 5 heteroatoms. The fourth-order valence-electron chi connectivity index (χ4n) is 2.90. The SMILES string of the molecule is Cc1cc(C)c2nc(-c3cc(C)n(C(C)(C)C)n3)oc(=O)c2c1. The van der Waals surface area contributed by atoms with Crippen LogP contribution in [0.4, 0.5) is 0 Å². The molecule has 1 aromatic carbocycles. The van der Waals surface area contributed by atoms with Crippen molar-refractivity contribution in [3.05, 3.63) is 45.4 Å². The number of fused-ring (bicyclic) bond motifs is 1. The van der Waals surface area contributed by atoms with Crippen LogP contribution in [-0.4, -0.2) is 14.8 Å². The Hall–Kier alpha value is -2.43. The first-order valence-corrected chi connectivity index (χ1v) is 7.66. The van der Waals surface area contributed by atoms with Gasteiger partial charge in [-0.2, -0.15) is 5.10 Å². The average molecular weight is 311 g/mol. The van der Waals surface area contributed by atoms with Gasteiger partial charge in [0.2, 0.25) is 0 Å². The maximum atomic E-state index is 12.3. The molecule has 0 spiro atoms. The lowest BCUT2D eigenvalue weighted by Crippen LogP contribution is -2.24. The van der Waals surface area contributed by atoms with Crippen molar-refractivity contribution in [3.63, 3.8) is 0 Å². The molecular formula is C18H21N3O2. The predicted molar refractivity (Wildman–Crippen MR) is 90.7 cm³/mol. The van der Waals surface area contributed by atoms with Gasteiger partial charge in [0.15, 0.2) is 0 Å². The van der Waals surface area contributed by atoms with Gasteiger partial charge in [-0.15, -0.1) is 0 Å². The molecule has 5 nitrogen and oxygen atoms in total. The number of benzene rings is 1. The number of nitrogens with zero attached hydrogens (tertiary/aromatic N) is 3. The van der Waals surface area contributed by atoms with Crippen LogP contribution >= 0.6 is 0 Å². The first-order chi connectivity index (χ1) is 10.7. The van der Waals surface area contributed by atoms with Gasteiger partial charge in [0.05, 0.1) is 16.4 Å². The summed E-state index contributed by atoms with van der Waals surface area (Å²) in [4.78, 5) is 16.9. The largest absolute Gasteiger partial charge is 0.401 e. The third kappa shape index (κ3) is 2.67. The van der Waals surface area contributed by atoms with Crippen LogP contribution < -0.4 is 5.63 Å². The van der Waals surface area contributed by atoms with Gasteiger partial charge in [-0.25, -0.2) is 9.78 Å². The van der Waals surface area contributed by atoms with Crippen LogP contribution in [0.1, 0.15) is 37.6 Å². The highest BCUT2D eigenvalue weighted by molar-refractivity contribution is 5.82. The Morgan fingerprint density at radius 2 is 1.78 bits per heavy atom. The van der Waals surface area contributed by atoms with E-state index in [2.05, 4.69) is 30.9 Å². The highest BCUT2D eigenvalue weighted by Crippen LogP contribution is 2.24. The average Bonchev–Trinajstić information content (AvgIpc) is 2.82. The lowest BCUT2D eigenvalue weighted by Gasteiger charge is -2.21. The molecule has 2 aromatic heterocycles. The molecule has 0 aliphatic rings. The second-order valence-electron chi connectivity index (χ2n) is 7.04. The molecule has 0 unspecified atom stereocenters. The zero-order valence-electron chi connectivity index (χ0n) is 14.4. The minimum atomic E-state index is -0.375. The van der Waals surface area contributed by atoms with Crippen LogP contribution in [0.25, 0.3) is 22.5 Å². The van der Waals surface area contributed by atoms with Crippen molar-refractivity contribution in [2.45, 2.75) is 47.1 Å². The highest BCUT2D eigenvalue weighted by Gasteiger charge is 2.20. The second kappa shape index (κ2) is 5.05. The molecule has 3 aromatic rings. The first-order valence-electron chi connectivity index (χ1n) is 7.66. The van der Waals surface area contributed by atoms with Crippen LogP contribution in [-0.2, 0) is 5.54 Å². The van der Waals surface area contributed by atoms with Crippen LogP contribution in [0.3, 0.4) is 0 Å². The Labute approximate surface area is 135 Å². The molecule has 2 heterocycles. The Balaban J connectivity index is 2.24. The van der Waals surface area contributed by atoms with Gasteiger partial charge in [0.25, 0.3) is 5.89 Å². The molecule has 0 atom stereocenters. The van der Waals surface area contributed by atoms with E-state index < -0.39 is 0 Å². The minimum Gasteiger partial charge on any atom is -0.401 e. The molecule has 0 N–H and O–H groups in total. The van der Waals surface area contributed by atoms with E-state index in [1.807, 2.05) is 43.7 Å². The maximum Gasteiger partial charge on any atom is 0.347 e. The van der Waals surface area contributed by atoms with E-state index in [0.29, 0.717) is 16.6 Å². The van der Waals surface area contributed by atoms with Crippen molar-refractivity contribution >= 4 is 10.9 Å². The number of aromatic nitrogens is 3. The molecule has 0 bridgehead atoms. The second-order valence-corrected chi connectivity index (χ2v) is 7.04. The summed E-state index contributed by atoms with van der Waals surface area (Å²) < 4.78 is 7.34. The van der Waals surface area contributed by atoms with Crippen molar-refractivity contribution in [3.8, 4) is 11.6 Å². The summed E-state index contributed by atoms with van der Waals surface area (Å²) in [6.07, 6.45) is 0. The number of aryl methyl sites for hydroxylation is 3. The third-order valence-electron chi connectivity index (χ3n) is 3.81. The fraction of sp³-hybridized carbons (Fsp3) is 0.389. The quantitative estimate of drug-likeness (QED) is 0.687. The molecule has 0 fully saturated rings. The molecule has 0 radical (unpaired) electrons. The van der Waals surface area contributed by atoms with E-state index in [4.69, 9.17) is 4.42 Å². The van der Waals surface area contributed by atoms with Gasteiger partial charge in [-0.1, -0.05) is 6.07 Å². The van der Waals surface area contributed by atoms with Crippen molar-refractivity contribution < 1.29 is 4.42 Å². The number of hydrogen-bond acceptors (Lipinski definition) is 4. The fourth-order valence-corrected chi connectivity index (χ4v) is 2.90. The summed E-state index contributed by atoms with van der Waals surface area (Å²) in [6, 6.07) is 5.72. The Morgan fingerprint density at radius 1 is 1.09 bits per heavy atom. The standard InChI is InChI=1S/C18H21N3O2/c1-10-7-11(2)15-13(8-10)17(22)23-16(19-15)14-9-12(3)21(20-14)18(4,5)6/h7-9H,1-6H3. The van der Waals surface area contributed by atoms with Crippen LogP contribution in [0.5, 0.6) is 0 Å². The van der Waals surface area contributed by atoms with E-state index in [9.17, 15) is 4.79 Å². The van der Waals surface area contributed by atoms with Gasteiger partial charge in [0.1, 0.15) is 5.69 Å². The highest BCUT2D eigenvalue weighted by atomic mass is 16.4. The van der Waals surface area contributed by atoms with Crippen molar-refractivity contribution in [2.75, 3.05) is 0 Å². The normalized spacial score (nSPS) is 12.1. The topological polar surface area (TPSA) is 60.9 Å². The zero-order chi connectivity index (χ0) is 16.9. The van der Waals surface area contributed by atoms with Crippen LogP contribution in [0, 0.1) is 20.8 Å². The van der Waals surface area contributed by atoms with E-state index in [-0.39, 0.29) is 17.1 Å². The first kappa shape index (κ1) is 15.5. The van der Waals surface area contributed by atoms with E-state index in [1.54, 1.807) is 0 Å². The molecule has 23 heavy (non-hydrogen) atoms. The molecule has 120 valence electrons. The smallest absolute Gasteiger partial charge is 0.347 e. The van der Waals surface area contributed by atoms with Crippen molar-refractivity contribution in [2.24, 2.45) is 0 Å². The van der Waals surface area contributed by atoms with Gasteiger partial charge in [0, 0.05) is 5.69 Å². The molecule has 3 rings (SSSR count). The summed E-state index contributed by atoms with van der Waals surface area (Å²) in [7, 11) is 0. The molecular weight excluding hydrogens is 290 g/mol. The predicted octanol–water partition coefficient (Wildman–Crippen LogP) is 3.73. The van der Waals surface area contributed by atoms with Crippen LogP contribution in [0.15, 0.2) is 27.4 Å². The van der Waals surface area contributed by atoms with E-state index in [0.717, 1.165) is 16.8 Å². The molecule has 0 aliphatic heterocycles. The van der Waals surface area contributed by atoms with Gasteiger partial charge in [-0.05, 0) is 64.8 Å². The summed E-state index contributed by atoms with van der Waals surface area (Å²) in [5.41, 5.74) is 3.71. The van der Waals surface area contributed by atoms with Crippen molar-refractivity contribution in [1.29, 1.82) is 0 Å². The molecule has 0 saturated carbocycles. The maximum absolute atomic E-state index is 12.3.